The maximum absolute atomic E-state index is 12.4. The molecule has 2 fully saturated rings. The van der Waals surface area contributed by atoms with Crippen LogP contribution in [0.25, 0.3) is 0 Å². The van der Waals surface area contributed by atoms with Crippen molar-refractivity contribution < 1.29 is 14.4 Å². The molecule has 3 rings (SSSR count). The van der Waals surface area contributed by atoms with Crippen LogP contribution < -0.4 is 10.6 Å². The molecule has 2 heterocycles. The van der Waals surface area contributed by atoms with Crippen LogP contribution in [0.1, 0.15) is 24.8 Å². The molecule has 6 nitrogen and oxygen atoms in total. The largest absolute Gasteiger partial charge is 0.339 e. The van der Waals surface area contributed by atoms with E-state index < -0.39 is 18.0 Å². The van der Waals surface area contributed by atoms with Gasteiger partial charge in [-0.15, -0.1) is 0 Å². The number of amides is 4. The molecule has 0 aromatic heterocycles. The van der Waals surface area contributed by atoms with Gasteiger partial charge in [-0.1, -0.05) is 30.3 Å². The molecule has 2 atom stereocenters. The summed E-state index contributed by atoms with van der Waals surface area (Å²) in [7, 11) is 0. The van der Waals surface area contributed by atoms with Gasteiger partial charge in [0.25, 0.3) is 5.91 Å². The molecule has 0 radical (unpaired) electrons. The second kappa shape index (κ2) is 6.17. The molecule has 2 saturated heterocycles. The fourth-order valence-corrected chi connectivity index (χ4v) is 3.16. The summed E-state index contributed by atoms with van der Waals surface area (Å²) in [5, 5.41) is 4.63. The second-order valence-electron chi connectivity index (χ2n) is 5.79. The van der Waals surface area contributed by atoms with Gasteiger partial charge in [-0.3, -0.25) is 14.9 Å². The van der Waals surface area contributed by atoms with Crippen LogP contribution in [-0.4, -0.2) is 41.4 Å². The van der Waals surface area contributed by atoms with Gasteiger partial charge in [-0.25, -0.2) is 4.79 Å². The maximum atomic E-state index is 12.4. The molecule has 0 spiro atoms. The van der Waals surface area contributed by atoms with Crippen LogP contribution >= 0.6 is 0 Å². The SMILES string of the molecule is O=C1NC(=O)[C@@H](CC(=O)N2CCC[C@H]2Cc2ccccc2)N1. The Balaban J connectivity index is 1.61. The first-order chi connectivity index (χ1) is 10.6. The number of nitrogens with one attached hydrogen (secondary N) is 2. The monoisotopic (exact) mass is 301 g/mol. The van der Waals surface area contributed by atoms with Gasteiger partial charge < -0.3 is 10.2 Å². The molecule has 0 unspecified atom stereocenters. The molecule has 22 heavy (non-hydrogen) atoms. The molecule has 0 saturated carbocycles. The molecular formula is C16H19N3O3. The topological polar surface area (TPSA) is 78.5 Å². The van der Waals surface area contributed by atoms with Crippen LogP contribution in [0.15, 0.2) is 30.3 Å². The molecular weight excluding hydrogens is 282 g/mol. The van der Waals surface area contributed by atoms with Gasteiger partial charge in [0.1, 0.15) is 6.04 Å². The van der Waals surface area contributed by atoms with Crippen LogP contribution in [0.3, 0.4) is 0 Å². The van der Waals surface area contributed by atoms with E-state index in [1.165, 1.54) is 5.56 Å². The van der Waals surface area contributed by atoms with Crippen molar-refractivity contribution >= 4 is 17.8 Å². The molecule has 2 aliphatic rings. The summed E-state index contributed by atoms with van der Waals surface area (Å²) in [6.07, 6.45) is 2.81. The van der Waals surface area contributed by atoms with E-state index in [0.29, 0.717) is 0 Å². The predicted octanol–water partition coefficient (Wildman–Crippen LogP) is 0.818. The van der Waals surface area contributed by atoms with Gasteiger partial charge in [-0.2, -0.15) is 0 Å². The summed E-state index contributed by atoms with van der Waals surface area (Å²) >= 11 is 0. The quantitative estimate of drug-likeness (QED) is 0.808. The van der Waals surface area contributed by atoms with Crippen molar-refractivity contribution in [2.45, 2.75) is 37.8 Å². The lowest BCUT2D eigenvalue weighted by Gasteiger charge is -2.25. The first-order valence-electron chi connectivity index (χ1n) is 7.58. The van der Waals surface area contributed by atoms with E-state index in [-0.39, 0.29) is 18.4 Å². The highest BCUT2D eigenvalue weighted by molar-refractivity contribution is 6.05. The number of benzene rings is 1. The molecule has 1 aromatic carbocycles. The third-order valence-electron chi connectivity index (χ3n) is 4.25. The number of carbonyl (C=O) groups excluding carboxylic acids is 3. The Hall–Kier alpha value is -2.37. The van der Waals surface area contributed by atoms with Crippen LogP contribution in [0.2, 0.25) is 0 Å². The molecule has 2 aliphatic heterocycles. The number of imide groups is 1. The summed E-state index contributed by atoms with van der Waals surface area (Å²) in [5.74, 6) is -0.488. The zero-order valence-corrected chi connectivity index (χ0v) is 12.2. The lowest BCUT2D eigenvalue weighted by atomic mass is 10.0. The third-order valence-corrected chi connectivity index (χ3v) is 4.25. The molecule has 4 amide bonds. The average molecular weight is 301 g/mol. The summed E-state index contributed by atoms with van der Waals surface area (Å²) in [5.41, 5.74) is 1.21. The highest BCUT2D eigenvalue weighted by atomic mass is 16.2. The lowest BCUT2D eigenvalue weighted by molar-refractivity contribution is -0.134. The maximum Gasteiger partial charge on any atom is 0.322 e. The highest BCUT2D eigenvalue weighted by Gasteiger charge is 2.35. The van der Waals surface area contributed by atoms with E-state index in [1.807, 2.05) is 23.1 Å². The second-order valence-corrected chi connectivity index (χ2v) is 5.79. The zero-order chi connectivity index (χ0) is 15.5. The Kier molecular flexibility index (Phi) is 4.09. The third kappa shape index (κ3) is 3.10. The zero-order valence-electron chi connectivity index (χ0n) is 12.2. The average Bonchev–Trinajstić information content (AvgIpc) is 3.07. The summed E-state index contributed by atoms with van der Waals surface area (Å²) in [6.45, 7) is 0.721. The lowest BCUT2D eigenvalue weighted by Crippen LogP contribution is -2.41. The Morgan fingerprint density at radius 3 is 2.68 bits per heavy atom. The van der Waals surface area contributed by atoms with E-state index in [4.69, 9.17) is 0 Å². The predicted molar refractivity (Wildman–Crippen MR) is 80.0 cm³/mol. The number of hydrogen-bond donors (Lipinski definition) is 2. The van der Waals surface area contributed by atoms with E-state index in [2.05, 4.69) is 22.8 Å². The van der Waals surface area contributed by atoms with Crippen LogP contribution in [-0.2, 0) is 16.0 Å². The van der Waals surface area contributed by atoms with E-state index in [9.17, 15) is 14.4 Å². The van der Waals surface area contributed by atoms with Crippen molar-refractivity contribution in [1.82, 2.24) is 15.5 Å². The minimum atomic E-state index is -0.738. The van der Waals surface area contributed by atoms with Crippen molar-refractivity contribution in [3.63, 3.8) is 0 Å². The molecule has 1 aromatic rings. The Bertz CT molecular complexity index is 588. The van der Waals surface area contributed by atoms with Crippen LogP contribution in [0.5, 0.6) is 0 Å². The van der Waals surface area contributed by atoms with E-state index >= 15 is 0 Å². The molecule has 2 N–H and O–H groups in total. The van der Waals surface area contributed by atoms with Crippen LogP contribution in [0.4, 0.5) is 4.79 Å². The summed E-state index contributed by atoms with van der Waals surface area (Å²) in [6, 6.07) is 9.00. The standard InChI is InChI=1S/C16H19N3O3/c20-14(10-13-15(21)18-16(22)17-13)19-8-4-7-12(19)9-11-5-2-1-3-6-11/h1-3,5-6,12-13H,4,7-10H2,(H2,17,18,21,22)/t12-,13+/m0/s1. The fourth-order valence-electron chi connectivity index (χ4n) is 3.16. The van der Waals surface area contributed by atoms with Crippen molar-refractivity contribution in [2.24, 2.45) is 0 Å². The minimum Gasteiger partial charge on any atom is -0.339 e. The van der Waals surface area contributed by atoms with Gasteiger partial charge in [0.15, 0.2) is 0 Å². The van der Waals surface area contributed by atoms with Crippen molar-refractivity contribution in [3.8, 4) is 0 Å². The number of hydrogen-bond acceptors (Lipinski definition) is 3. The highest BCUT2D eigenvalue weighted by Crippen LogP contribution is 2.22. The van der Waals surface area contributed by atoms with Gasteiger partial charge >= 0.3 is 6.03 Å². The number of rotatable bonds is 4. The molecule has 6 heteroatoms. The number of carbonyl (C=O) groups is 3. The van der Waals surface area contributed by atoms with Crippen molar-refractivity contribution in [3.05, 3.63) is 35.9 Å². The van der Waals surface area contributed by atoms with Crippen molar-refractivity contribution in [1.29, 1.82) is 0 Å². The number of urea groups is 1. The first kappa shape index (κ1) is 14.6. The van der Waals surface area contributed by atoms with E-state index in [1.54, 1.807) is 0 Å². The van der Waals surface area contributed by atoms with Gasteiger partial charge in [0, 0.05) is 12.6 Å². The number of likely N-dealkylation sites (tertiary alicyclic amines) is 1. The fraction of sp³-hybridized carbons (Fsp3) is 0.438. The normalized spacial score (nSPS) is 24.3. The summed E-state index contributed by atoms with van der Waals surface area (Å²) < 4.78 is 0. The van der Waals surface area contributed by atoms with Crippen LogP contribution in [0, 0.1) is 0 Å². The summed E-state index contributed by atoms with van der Waals surface area (Å²) in [4.78, 5) is 36.9. The van der Waals surface area contributed by atoms with Gasteiger partial charge in [-0.05, 0) is 24.8 Å². The van der Waals surface area contributed by atoms with Gasteiger partial charge in [0.05, 0.1) is 6.42 Å². The van der Waals surface area contributed by atoms with Gasteiger partial charge in [0.2, 0.25) is 5.91 Å². The van der Waals surface area contributed by atoms with E-state index in [0.717, 1.165) is 25.8 Å². The molecule has 0 aliphatic carbocycles. The Morgan fingerprint density at radius 1 is 1.23 bits per heavy atom. The Labute approximate surface area is 128 Å². The Morgan fingerprint density at radius 2 is 2.00 bits per heavy atom. The smallest absolute Gasteiger partial charge is 0.322 e. The number of nitrogens with zero attached hydrogens (tertiary/aromatic N) is 1. The minimum absolute atomic E-state index is 0.0306. The molecule has 0 bridgehead atoms. The van der Waals surface area contributed by atoms with Crippen molar-refractivity contribution in [2.75, 3.05) is 6.54 Å². The molecule has 116 valence electrons. The first-order valence-corrected chi connectivity index (χ1v) is 7.58.